The van der Waals surface area contributed by atoms with Crippen LogP contribution < -0.4 is 0 Å². The number of hydroxylamine groups is 2. The summed E-state index contributed by atoms with van der Waals surface area (Å²) in [7, 11) is 0. The van der Waals surface area contributed by atoms with Gasteiger partial charge < -0.3 is 0 Å². The molecule has 2 aromatic carbocycles. The van der Waals surface area contributed by atoms with Crippen LogP contribution in [-0.2, 0) is 11.4 Å². The zero-order valence-corrected chi connectivity index (χ0v) is 13.0. The van der Waals surface area contributed by atoms with Crippen LogP contribution >= 0.6 is 15.9 Å². The molecule has 0 unspecified atom stereocenters. The minimum atomic E-state index is -0.473. The molecule has 1 fully saturated rings. The Morgan fingerprint density at radius 3 is 2.29 bits per heavy atom. The van der Waals surface area contributed by atoms with Crippen molar-refractivity contribution < 1.29 is 4.84 Å². The molecule has 3 rings (SSSR count). The van der Waals surface area contributed by atoms with Crippen molar-refractivity contribution in [1.82, 2.24) is 5.06 Å². The number of rotatable bonds is 3. The summed E-state index contributed by atoms with van der Waals surface area (Å²) in [5, 5.41) is 11.2. The minimum Gasteiger partial charge on any atom is -0.278 e. The first-order valence-electron chi connectivity index (χ1n) is 6.85. The van der Waals surface area contributed by atoms with Crippen molar-refractivity contribution in [3.63, 3.8) is 0 Å². The standard InChI is InChI=1S/C17H15BrN2O/c18-16-15(11-19)21-20(12-13-7-3-1-4-8-13)17(16)14-9-5-2-6-10-14/h1-10,15-17H,12H2/t15-,16-,17+/m1/s1. The molecule has 0 saturated carbocycles. The van der Waals surface area contributed by atoms with Crippen molar-refractivity contribution in [2.24, 2.45) is 0 Å². The molecule has 0 amide bonds. The molecule has 0 bridgehead atoms. The van der Waals surface area contributed by atoms with Crippen LogP contribution in [-0.4, -0.2) is 16.0 Å². The maximum absolute atomic E-state index is 9.25. The van der Waals surface area contributed by atoms with Crippen LogP contribution in [0.4, 0.5) is 0 Å². The third-order valence-electron chi connectivity index (χ3n) is 3.60. The molecule has 4 heteroatoms. The highest BCUT2D eigenvalue weighted by molar-refractivity contribution is 9.09. The van der Waals surface area contributed by atoms with E-state index in [-0.39, 0.29) is 10.9 Å². The lowest BCUT2D eigenvalue weighted by Crippen LogP contribution is -2.24. The summed E-state index contributed by atoms with van der Waals surface area (Å²) in [4.78, 5) is 5.77. The highest BCUT2D eigenvalue weighted by Crippen LogP contribution is 2.39. The average Bonchev–Trinajstić information content (AvgIpc) is 2.85. The number of hydrogen-bond acceptors (Lipinski definition) is 3. The van der Waals surface area contributed by atoms with Crippen molar-refractivity contribution in [3.8, 4) is 6.07 Å². The van der Waals surface area contributed by atoms with Crippen LogP contribution in [0.5, 0.6) is 0 Å². The molecule has 1 heterocycles. The molecular weight excluding hydrogens is 328 g/mol. The summed E-state index contributed by atoms with van der Waals surface area (Å²) in [6.07, 6.45) is -0.473. The summed E-state index contributed by atoms with van der Waals surface area (Å²) < 4.78 is 0. The SMILES string of the molecule is N#C[C@H]1ON(Cc2ccccc2)[C@@H](c2ccccc2)[C@@H]1Br. The molecule has 0 aromatic heterocycles. The second kappa shape index (κ2) is 6.40. The van der Waals surface area contributed by atoms with Crippen LogP contribution in [0.15, 0.2) is 60.7 Å². The fourth-order valence-electron chi connectivity index (χ4n) is 2.59. The summed E-state index contributed by atoms with van der Waals surface area (Å²) in [5.41, 5.74) is 2.31. The molecule has 106 valence electrons. The van der Waals surface area contributed by atoms with Crippen molar-refractivity contribution in [2.75, 3.05) is 0 Å². The first-order chi connectivity index (χ1) is 10.3. The number of halogens is 1. The van der Waals surface area contributed by atoms with Crippen LogP contribution in [0.3, 0.4) is 0 Å². The molecule has 0 aliphatic carbocycles. The molecule has 0 N–H and O–H groups in total. The molecule has 0 radical (unpaired) electrons. The Bertz CT molecular complexity index is 626. The number of hydrogen-bond donors (Lipinski definition) is 0. The smallest absolute Gasteiger partial charge is 0.179 e. The van der Waals surface area contributed by atoms with Gasteiger partial charge in [-0.2, -0.15) is 10.3 Å². The largest absolute Gasteiger partial charge is 0.278 e. The van der Waals surface area contributed by atoms with Gasteiger partial charge in [0.05, 0.1) is 16.9 Å². The van der Waals surface area contributed by atoms with Gasteiger partial charge in [0.2, 0.25) is 0 Å². The van der Waals surface area contributed by atoms with Gasteiger partial charge in [-0.1, -0.05) is 76.6 Å². The molecule has 0 spiro atoms. The monoisotopic (exact) mass is 342 g/mol. The number of nitrogens with zero attached hydrogens (tertiary/aromatic N) is 2. The predicted molar refractivity (Wildman–Crippen MR) is 84.4 cm³/mol. The van der Waals surface area contributed by atoms with E-state index < -0.39 is 6.10 Å². The van der Waals surface area contributed by atoms with Gasteiger partial charge in [-0.15, -0.1) is 0 Å². The highest BCUT2D eigenvalue weighted by atomic mass is 79.9. The van der Waals surface area contributed by atoms with E-state index in [1.807, 2.05) is 41.5 Å². The van der Waals surface area contributed by atoms with Crippen molar-refractivity contribution in [3.05, 3.63) is 71.8 Å². The summed E-state index contributed by atoms with van der Waals surface area (Å²) in [6, 6.07) is 22.5. The number of alkyl halides is 1. The number of nitriles is 1. The zero-order valence-electron chi connectivity index (χ0n) is 11.4. The topological polar surface area (TPSA) is 36.3 Å². The Hall–Kier alpha value is -1.67. The fraction of sp³-hybridized carbons (Fsp3) is 0.235. The quantitative estimate of drug-likeness (QED) is 0.795. The van der Waals surface area contributed by atoms with Crippen LogP contribution in [0.2, 0.25) is 0 Å². The lowest BCUT2D eigenvalue weighted by atomic mass is 10.0. The molecule has 2 aromatic rings. The molecule has 1 aliphatic rings. The van der Waals surface area contributed by atoms with Gasteiger partial charge in [-0.05, 0) is 11.1 Å². The van der Waals surface area contributed by atoms with Gasteiger partial charge >= 0.3 is 0 Å². The van der Waals surface area contributed by atoms with Gasteiger partial charge in [0.1, 0.15) is 0 Å². The van der Waals surface area contributed by atoms with E-state index in [0.29, 0.717) is 6.54 Å². The molecule has 1 aliphatic heterocycles. The Morgan fingerprint density at radius 2 is 1.67 bits per heavy atom. The molecule has 21 heavy (non-hydrogen) atoms. The normalized spacial score (nSPS) is 25.6. The fourth-order valence-corrected chi connectivity index (χ4v) is 3.37. The van der Waals surface area contributed by atoms with Gasteiger partial charge in [0.15, 0.2) is 6.10 Å². The first kappa shape index (κ1) is 14.3. The van der Waals surface area contributed by atoms with Gasteiger partial charge in [-0.25, -0.2) is 0 Å². The highest BCUT2D eigenvalue weighted by Gasteiger charge is 2.42. The Balaban J connectivity index is 1.88. The maximum atomic E-state index is 9.25. The maximum Gasteiger partial charge on any atom is 0.179 e. The lowest BCUT2D eigenvalue weighted by Gasteiger charge is -2.24. The van der Waals surface area contributed by atoms with Crippen molar-refractivity contribution in [2.45, 2.75) is 23.5 Å². The van der Waals surface area contributed by atoms with Gasteiger partial charge in [-0.3, -0.25) is 4.84 Å². The van der Waals surface area contributed by atoms with E-state index in [1.54, 1.807) is 0 Å². The zero-order chi connectivity index (χ0) is 14.7. The summed E-state index contributed by atoms with van der Waals surface area (Å²) >= 11 is 3.63. The van der Waals surface area contributed by atoms with E-state index in [4.69, 9.17) is 4.84 Å². The van der Waals surface area contributed by atoms with E-state index in [1.165, 1.54) is 0 Å². The lowest BCUT2D eigenvalue weighted by molar-refractivity contribution is -0.157. The Morgan fingerprint density at radius 1 is 1.05 bits per heavy atom. The third kappa shape index (κ3) is 3.01. The first-order valence-corrected chi connectivity index (χ1v) is 7.77. The molecule has 3 atom stereocenters. The predicted octanol–water partition coefficient (Wildman–Crippen LogP) is 3.83. The second-order valence-electron chi connectivity index (χ2n) is 5.02. The molecule has 3 nitrogen and oxygen atoms in total. The Kier molecular flexibility index (Phi) is 4.35. The van der Waals surface area contributed by atoms with E-state index in [0.717, 1.165) is 11.1 Å². The van der Waals surface area contributed by atoms with E-state index in [2.05, 4.69) is 46.3 Å². The summed E-state index contributed by atoms with van der Waals surface area (Å²) in [5.74, 6) is 0. The number of benzene rings is 2. The molecule has 1 saturated heterocycles. The van der Waals surface area contributed by atoms with Crippen LogP contribution in [0, 0.1) is 11.3 Å². The van der Waals surface area contributed by atoms with Gasteiger partial charge in [0, 0.05) is 6.54 Å². The molecular formula is C17H15BrN2O. The van der Waals surface area contributed by atoms with Crippen molar-refractivity contribution >= 4 is 15.9 Å². The minimum absolute atomic E-state index is 0.0241. The van der Waals surface area contributed by atoms with E-state index in [9.17, 15) is 5.26 Å². The third-order valence-corrected chi connectivity index (χ3v) is 4.58. The summed E-state index contributed by atoms with van der Waals surface area (Å²) in [6.45, 7) is 0.653. The second-order valence-corrected chi connectivity index (χ2v) is 6.07. The van der Waals surface area contributed by atoms with Crippen LogP contribution in [0.1, 0.15) is 17.2 Å². The van der Waals surface area contributed by atoms with Gasteiger partial charge in [0.25, 0.3) is 0 Å². The van der Waals surface area contributed by atoms with Crippen LogP contribution in [0.25, 0.3) is 0 Å². The van der Waals surface area contributed by atoms with E-state index >= 15 is 0 Å². The average molecular weight is 343 g/mol. The Labute approximate surface area is 132 Å². The van der Waals surface area contributed by atoms with Crippen molar-refractivity contribution in [1.29, 1.82) is 5.26 Å².